The number of aliphatic hydroxyl groups excluding tert-OH is 1. The van der Waals surface area contributed by atoms with E-state index in [0.29, 0.717) is 17.5 Å². The van der Waals surface area contributed by atoms with Crippen molar-refractivity contribution >= 4 is 11.6 Å². The Morgan fingerprint density at radius 1 is 1.50 bits per heavy atom. The molecular formula is C15H25ClN2O2. The Labute approximate surface area is 126 Å². The Morgan fingerprint density at radius 2 is 2.30 bits per heavy atom. The zero-order valence-corrected chi connectivity index (χ0v) is 13.2. The SMILES string of the molecule is CCn1nc(C)c(Cl)c1CC(O)CCC1CCCCO1. The molecule has 5 heteroatoms. The number of aliphatic hydroxyl groups is 1. The van der Waals surface area contributed by atoms with Gasteiger partial charge in [0.2, 0.25) is 0 Å². The zero-order valence-electron chi connectivity index (χ0n) is 12.4. The van der Waals surface area contributed by atoms with E-state index >= 15 is 0 Å². The van der Waals surface area contributed by atoms with Crippen LogP contribution in [0.4, 0.5) is 0 Å². The lowest BCUT2D eigenvalue weighted by Crippen LogP contribution is -2.22. The summed E-state index contributed by atoms with van der Waals surface area (Å²) in [6, 6.07) is 0. The second-order valence-electron chi connectivity index (χ2n) is 5.59. The number of ether oxygens (including phenoxy) is 1. The van der Waals surface area contributed by atoms with Crippen molar-refractivity contribution in [3.05, 3.63) is 16.4 Å². The summed E-state index contributed by atoms with van der Waals surface area (Å²) in [5.74, 6) is 0. The van der Waals surface area contributed by atoms with E-state index in [1.165, 1.54) is 12.8 Å². The summed E-state index contributed by atoms with van der Waals surface area (Å²) < 4.78 is 7.58. The number of hydrogen-bond donors (Lipinski definition) is 1. The molecule has 4 nitrogen and oxygen atoms in total. The van der Waals surface area contributed by atoms with Gasteiger partial charge in [-0.05, 0) is 46.0 Å². The summed E-state index contributed by atoms with van der Waals surface area (Å²) in [5.41, 5.74) is 1.79. The molecule has 0 radical (unpaired) electrons. The monoisotopic (exact) mass is 300 g/mol. The van der Waals surface area contributed by atoms with Crippen LogP contribution in [0.5, 0.6) is 0 Å². The van der Waals surface area contributed by atoms with Crippen molar-refractivity contribution in [3.8, 4) is 0 Å². The summed E-state index contributed by atoms with van der Waals surface area (Å²) in [7, 11) is 0. The molecule has 20 heavy (non-hydrogen) atoms. The topological polar surface area (TPSA) is 47.3 Å². The molecule has 0 bridgehead atoms. The highest BCUT2D eigenvalue weighted by atomic mass is 35.5. The summed E-state index contributed by atoms with van der Waals surface area (Å²) in [6.07, 6.45) is 5.75. The van der Waals surface area contributed by atoms with Crippen molar-refractivity contribution in [1.82, 2.24) is 9.78 Å². The van der Waals surface area contributed by atoms with Crippen LogP contribution in [0, 0.1) is 6.92 Å². The van der Waals surface area contributed by atoms with Crippen LogP contribution in [0.3, 0.4) is 0 Å². The molecule has 1 aromatic heterocycles. The van der Waals surface area contributed by atoms with Gasteiger partial charge in [0.1, 0.15) is 0 Å². The molecule has 1 fully saturated rings. The van der Waals surface area contributed by atoms with Gasteiger partial charge in [-0.1, -0.05) is 11.6 Å². The number of aryl methyl sites for hydroxylation is 2. The van der Waals surface area contributed by atoms with E-state index < -0.39 is 0 Å². The van der Waals surface area contributed by atoms with E-state index in [-0.39, 0.29) is 6.10 Å². The molecule has 0 amide bonds. The van der Waals surface area contributed by atoms with Crippen LogP contribution in [-0.4, -0.2) is 33.7 Å². The van der Waals surface area contributed by atoms with E-state index in [9.17, 15) is 5.11 Å². The fourth-order valence-electron chi connectivity index (χ4n) is 2.80. The van der Waals surface area contributed by atoms with Gasteiger partial charge < -0.3 is 9.84 Å². The highest BCUT2D eigenvalue weighted by Crippen LogP contribution is 2.24. The average molecular weight is 301 g/mol. The maximum absolute atomic E-state index is 10.2. The number of hydrogen-bond acceptors (Lipinski definition) is 3. The van der Waals surface area contributed by atoms with E-state index in [1.807, 2.05) is 18.5 Å². The molecule has 1 aliphatic heterocycles. The third-order valence-corrected chi connectivity index (χ3v) is 4.47. The third-order valence-electron chi connectivity index (χ3n) is 3.98. The van der Waals surface area contributed by atoms with Gasteiger partial charge in [-0.15, -0.1) is 0 Å². The van der Waals surface area contributed by atoms with E-state index in [0.717, 1.165) is 43.8 Å². The fourth-order valence-corrected chi connectivity index (χ4v) is 3.02. The molecule has 1 N–H and O–H groups in total. The van der Waals surface area contributed by atoms with Crippen LogP contribution in [-0.2, 0) is 17.7 Å². The van der Waals surface area contributed by atoms with Crippen molar-refractivity contribution in [2.75, 3.05) is 6.61 Å². The fraction of sp³-hybridized carbons (Fsp3) is 0.800. The lowest BCUT2D eigenvalue weighted by molar-refractivity contribution is 0.00222. The Morgan fingerprint density at radius 3 is 2.95 bits per heavy atom. The lowest BCUT2D eigenvalue weighted by atomic mass is 10.0. The summed E-state index contributed by atoms with van der Waals surface area (Å²) >= 11 is 6.27. The van der Waals surface area contributed by atoms with Gasteiger partial charge in [-0.2, -0.15) is 5.10 Å². The number of aromatic nitrogens is 2. The van der Waals surface area contributed by atoms with Gasteiger partial charge in [0.25, 0.3) is 0 Å². The molecule has 1 saturated heterocycles. The Kier molecular flexibility index (Phi) is 5.87. The summed E-state index contributed by atoms with van der Waals surface area (Å²) in [6.45, 7) is 5.59. The molecule has 1 aromatic rings. The highest BCUT2D eigenvalue weighted by molar-refractivity contribution is 6.31. The van der Waals surface area contributed by atoms with Crippen LogP contribution in [0.15, 0.2) is 0 Å². The molecule has 0 spiro atoms. The average Bonchev–Trinajstić information content (AvgIpc) is 2.74. The Balaban J connectivity index is 1.86. The maximum atomic E-state index is 10.2. The molecule has 2 unspecified atom stereocenters. The number of halogens is 1. The maximum Gasteiger partial charge on any atom is 0.0848 e. The third kappa shape index (κ3) is 3.96. The molecule has 0 aliphatic carbocycles. The van der Waals surface area contributed by atoms with Crippen molar-refractivity contribution in [1.29, 1.82) is 0 Å². The quantitative estimate of drug-likeness (QED) is 0.878. The van der Waals surface area contributed by atoms with E-state index in [1.54, 1.807) is 0 Å². The molecule has 2 heterocycles. The van der Waals surface area contributed by atoms with Crippen LogP contribution >= 0.6 is 11.6 Å². The van der Waals surface area contributed by atoms with Crippen LogP contribution in [0.1, 0.15) is 50.4 Å². The summed E-state index contributed by atoms with van der Waals surface area (Å²) in [4.78, 5) is 0. The first kappa shape index (κ1) is 15.8. The van der Waals surface area contributed by atoms with Gasteiger partial charge in [-0.25, -0.2) is 0 Å². The van der Waals surface area contributed by atoms with Gasteiger partial charge in [-0.3, -0.25) is 4.68 Å². The first-order chi connectivity index (χ1) is 9.61. The van der Waals surface area contributed by atoms with Crippen LogP contribution < -0.4 is 0 Å². The summed E-state index contributed by atoms with van der Waals surface area (Å²) in [5, 5.41) is 15.3. The molecule has 1 aliphatic rings. The van der Waals surface area contributed by atoms with Gasteiger partial charge in [0.15, 0.2) is 0 Å². The minimum Gasteiger partial charge on any atom is -0.393 e. The van der Waals surface area contributed by atoms with Gasteiger partial charge >= 0.3 is 0 Å². The van der Waals surface area contributed by atoms with Crippen LogP contribution in [0.2, 0.25) is 5.02 Å². The Hall–Kier alpha value is -0.580. The van der Waals surface area contributed by atoms with E-state index in [4.69, 9.17) is 16.3 Å². The van der Waals surface area contributed by atoms with Crippen LogP contribution in [0.25, 0.3) is 0 Å². The lowest BCUT2D eigenvalue weighted by Gasteiger charge is -2.23. The van der Waals surface area contributed by atoms with Gasteiger partial charge in [0, 0.05) is 19.6 Å². The number of nitrogens with zero attached hydrogens (tertiary/aromatic N) is 2. The minimum atomic E-state index is -0.376. The molecule has 0 saturated carbocycles. The second kappa shape index (κ2) is 7.43. The first-order valence-corrected chi connectivity index (χ1v) is 8.01. The van der Waals surface area contributed by atoms with Crippen molar-refractivity contribution in [2.24, 2.45) is 0 Å². The molecule has 2 rings (SSSR count). The second-order valence-corrected chi connectivity index (χ2v) is 5.96. The van der Waals surface area contributed by atoms with Crippen molar-refractivity contribution < 1.29 is 9.84 Å². The predicted molar refractivity (Wildman–Crippen MR) is 80.2 cm³/mol. The van der Waals surface area contributed by atoms with Crippen molar-refractivity contribution in [2.45, 2.75) is 71.1 Å². The normalized spacial score (nSPS) is 21.1. The van der Waals surface area contributed by atoms with E-state index in [2.05, 4.69) is 5.10 Å². The smallest absolute Gasteiger partial charge is 0.0848 e. The largest absolute Gasteiger partial charge is 0.393 e. The zero-order chi connectivity index (χ0) is 14.5. The standard InChI is InChI=1S/C15H25ClN2O2/c1-3-18-14(15(16)11(2)17-18)10-12(19)7-8-13-6-4-5-9-20-13/h12-13,19H,3-10H2,1-2H3. The molecule has 2 atom stereocenters. The Bertz CT molecular complexity index is 428. The van der Waals surface area contributed by atoms with Gasteiger partial charge in [0.05, 0.1) is 28.6 Å². The molecule has 114 valence electrons. The predicted octanol–water partition coefficient (Wildman–Crippen LogP) is 3.12. The molecule has 0 aromatic carbocycles. The molecular weight excluding hydrogens is 276 g/mol. The highest BCUT2D eigenvalue weighted by Gasteiger charge is 2.19. The van der Waals surface area contributed by atoms with Crippen molar-refractivity contribution in [3.63, 3.8) is 0 Å². The minimum absolute atomic E-state index is 0.326. The first-order valence-electron chi connectivity index (χ1n) is 7.63. The number of rotatable bonds is 6.